The van der Waals surface area contributed by atoms with Crippen LogP contribution in [0.5, 0.6) is 0 Å². The van der Waals surface area contributed by atoms with Crippen molar-refractivity contribution in [3.05, 3.63) is 70.2 Å². The second-order valence-corrected chi connectivity index (χ2v) is 5.46. The van der Waals surface area contributed by atoms with E-state index in [1.54, 1.807) is 0 Å². The summed E-state index contributed by atoms with van der Waals surface area (Å²) < 4.78 is 0. The van der Waals surface area contributed by atoms with Gasteiger partial charge in [-0.1, -0.05) is 61.0 Å². The van der Waals surface area contributed by atoms with Gasteiger partial charge < -0.3 is 5.32 Å². The Kier molecular flexibility index (Phi) is 3.49. The van der Waals surface area contributed by atoms with Gasteiger partial charge in [-0.15, -0.1) is 0 Å². The Hall–Kier alpha value is -1.80. The molecule has 102 valence electrons. The molecule has 0 saturated carbocycles. The maximum absolute atomic E-state index is 12.3. The van der Waals surface area contributed by atoms with Crippen molar-refractivity contribution in [3.8, 4) is 0 Å². The second kappa shape index (κ2) is 5.29. The molecule has 0 spiro atoms. The molecule has 1 aliphatic heterocycles. The van der Waals surface area contributed by atoms with Crippen molar-refractivity contribution in [1.82, 2.24) is 5.32 Å². The molecule has 0 saturated heterocycles. The van der Waals surface area contributed by atoms with Crippen LogP contribution in [0.3, 0.4) is 0 Å². The van der Waals surface area contributed by atoms with Gasteiger partial charge in [-0.3, -0.25) is 4.79 Å². The summed E-state index contributed by atoms with van der Waals surface area (Å²) in [6, 6.07) is 15.6. The number of benzene rings is 2. The number of carbonyl (C=O) groups is 1. The summed E-state index contributed by atoms with van der Waals surface area (Å²) in [7, 11) is 0. The van der Waals surface area contributed by atoms with E-state index in [2.05, 4.69) is 11.4 Å². The molecule has 1 amide bonds. The van der Waals surface area contributed by atoms with Crippen LogP contribution in [0, 0.1) is 0 Å². The zero-order valence-corrected chi connectivity index (χ0v) is 12.0. The van der Waals surface area contributed by atoms with Gasteiger partial charge >= 0.3 is 0 Å². The highest BCUT2D eigenvalue weighted by Crippen LogP contribution is 2.37. The molecule has 3 heteroatoms. The number of hydrogen-bond acceptors (Lipinski definition) is 1. The number of amides is 1. The van der Waals surface area contributed by atoms with E-state index >= 15 is 0 Å². The van der Waals surface area contributed by atoms with Crippen LogP contribution in [0.1, 0.15) is 42.0 Å². The maximum atomic E-state index is 12.3. The van der Waals surface area contributed by atoms with Gasteiger partial charge in [0, 0.05) is 5.02 Å². The molecule has 1 aliphatic rings. The minimum Gasteiger partial charge on any atom is -0.345 e. The van der Waals surface area contributed by atoms with E-state index in [-0.39, 0.29) is 17.9 Å². The van der Waals surface area contributed by atoms with Crippen molar-refractivity contribution < 1.29 is 4.79 Å². The number of nitrogens with one attached hydrogen (secondary N) is 1. The molecule has 2 unspecified atom stereocenters. The Bertz CT molecular complexity index is 653. The van der Waals surface area contributed by atoms with Crippen LogP contribution in [0.4, 0.5) is 0 Å². The number of halogens is 1. The third-order valence-electron chi connectivity index (χ3n) is 3.91. The number of carbonyl (C=O) groups excluding carboxylic acids is 1. The number of hydrogen-bond donors (Lipinski definition) is 1. The van der Waals surface area contributed by atoms with Crippen molar-refractivity contribution in [2.45, 2.75) is 25.3 Å². The average molecular weight is 286 g/mol. The van der Waals surface area contributed by atoms with E-state index in [0.717, 1.165) is 23.1 Å². The second-order valence-electron chi connectivity index (χ2n) is 5.05. The fourth-order valence-corrected chi connectivity index (χ4v) is 3.16. The lowest BCUT2D eigenvalue weighted by Gasteiger charge is -2.32. The minimum atomic E-state index is -0.157. The van der Waals surface area contributed by atoms with Gasteiger partial charge in [0.05, 0.1) is 12.0 Å². The van der Waals surface area contributed by atoms with Crippen molar-refractivity contribution in [2.24, 2.45) is 0 Å². The van der Waals surface area contributed by atoms with Gasteiger partial charge in [-0.2, -0.15) is 0 Å². The predicted molar refractivity (Wildman–Crippen MR) is 80.9 cm³/mol. The third-order valence-corrected chi connectivity index (χ3v) is 4.25. The quantitative estimate of drug-likeness (QED) is 0.886. The fourth-order valence-electron chi connectivity index (χ4n) is 2.91. The molecule has 20 heavy (non-hydrogen) atoms. The fraction of sp³-hybridized carbons (Fsp3) is 0.235. The van der Waals surface area contributed by atoms with E-state index < -0.39 is 0 Å². The molecule has 1 heterocycles. The van der Waals surface area contributed by atoms with Crippen LogP contribution in [0.25, 0.3) is 0 Å². The SMILES string of the molecule is CCC1C(=O)NC(c2ccccc2Cl)c2ccccc21. The monoisotopic (exact) mass is 285 g/mol. The standard InChI is InChI=1S/C17H16ClNO/c1-2-11-12-7-3-4-8-13(12)16(19-17(11)20)14-9-5-6-10-15(14)18/h3-11,16H,2H2,1H3,(H,19,20). The Morgan fingerprint density at radius 3 is 2.25 bits per heavy atom. The van der Waals surface area contributed by atoms with Crippen LogP contribution in [0.2, 0.25) is 5.02 Å². The molecule has 0 bridgehead atoms. The summed E-state index contributed by atoms with van der Waals surface area (Å²) in [5.41, 5.74) is 3.21. The molecule has 0 radical (unpaired) electrons. The van der Waals surface area contributed by atoms with Crippen LogP contribution in [-0.2, 0) is 4.79 Å². The predicted octanol–water partition coefficient (Wildman–Crippen LogP) is 4.05. The lowest BCUT2D eigenvalue weighted by atomic mass is 9.82. The first-order valence-electron chi connectivity index (χ1n) is 6.86. The van der Waals surface area contributed by atoms with E-state index in [4.69, 9.17) is 11.6 Å². The normalized spacial score (nSPS) is 21.2. The van der Waals surface area contributed by atoms with Crippen LogP contribution < -0.4 is 5.32 Å². The number of rotatable bonds is 2. The highest BCUT2D eigenvalue weighted by atomic mass is 35.5. The Balaban J connectivity index is 2.14. The van der Waals surface area contributed by atoms with Gasteiger partial charge in [-0.05, 0) is 29.2 Å². The molecule has 3 rings (SSSR count). The number of fused-ring (bicyclic) bond motifs is 1. The molecule has 2 aromatic rings. The van der Waals surface area contributed by atoms with E-state index in [1.807, 2.05) is 49.4 Å². The van der Waals surface area contributed by atoms with Crippen molar-refractivity contribution >= 4 is 17.5 Å². The molecule has 1 N–H and O–H groups in total. The Morgan fingerprint density at radius 1 is 1.00 bits per heavy atom. The first kappa shape index (κ1) is 13.2. The molecule has 0 fully saturated rings. The summed E-state index contributed by atoms with van der Waals surface area (Å²) in [6.07, 6.45) is 0.804. The molecule has 0 aliphatic carbocycles. The minimum absolute atomic E-state index is 0.0649. The summed E-state index contributed by atoms with van der Waals surface area (Å²) in [5.74, 6) is 0.0149. The zero-order valence-electron chi connectivity index (χ0n) is 11.3. The Labute approximate surface area is 123 Å². The molecular weight excluding hydrogens is 270 g/mol. The smallest absolute Gasteiger partial charge is 0.228 e. The first-order chi connectivity index (χ1) is 9.72. The highest BCUT2D eigenvalue weighted by Gasteiger charge is 2.33. The first-order valence-corrected chi connectivity index (χ1v) is 7.23. The third kappa shape index (κ3) is 2.10. The maximum Gasteiger partial charge on any atom is 0.228 e. The summed E-state index contributed by atoms with van der Waals surface area (Å²) >= 11 is 6.29. The van der Waals surface area contributed by atoms with E-state index in [0.29, 0.717) is 5.02 Å². The summed E-state index contributed by atoms with van der Waals surface area (Å²) in [5, 5.41) is 3.79. The lowest BCUT2D eigenvalue weighted by molar-refractivity contribution is -0.123. The van der Waals surface area contributed by atoms with Crippen molar-refractivity contribution in [2.75, 3.05) is 0 Å². The van der Waals surface area contributed by atoms with Gasteiger partial charge in [0.25, 0.3) is 0 Å². The van der Waals surface area contributed by atoms with Crippen molar-refractivity contribution in [1.29, 1.82) is 0 Å². The summed E-state index contributed by atoms with van der Waals surface area (Å²) in [4.78, 5) is 12.3. The van der Waals surface area contributed by atoms with Gasteiger partial charge in [-0.25, -0.2) is 0 Å². The Morgan fingerprint density at radius 2 is 1.60 bits per heavy atom. The highest BCUT2D eigenvalue weighted by molar-refractivity contribution is 6.31. The van der Waals surface area contributed by atoms with Crippen molar-refractivity contribution in [3.63, 3.8) is 0 Å². The van der Waals surface area contributed by atoms with E-state index in [9.17, 15) is 4.79 Å². The lowest BCUT2D eigenvalue weighted by Crippen LogP contribution is -2.39. The molecule has 0 aromatic heterocycles. The molecule has 2 atom stereocenters. The molecule has 2 nitrogen and oxygen atoms in total. The average Bonchev–Trinajstić information content (AvgIpc) is 2.47. The molecule has 2 aromatic carbocycles. The largest absolute Gasteiger partial charge is 0.345 e. The van der Waals surface area contributed by atoms with Gasteiger partial charge in [0.15, 0.2) is 0 Å². The van der Waals surface area contributed by atoms with E-state index in [1.165, 1.54) is 0 Å². The summed E-state index contributed by atoms with van der Waals surface area (Å²) in [6.45, 7) is 2.04. The van der Waals surface area contributed by atoms with Gasteiger partial charge in [0.2, 0.25) is 5.91 Å². The van der Waals surface area contributed by atoms with Crippen LogP contribution >= 0.6 is 11.6 Å². The van der Waals surface area contributed by atoms with Gasteiger partial charge in [0.1, 0.15) is 0 Å². The van der Waals surface area contributed by atoms with Crippen LogP contribution in [-0.4, -0.2) is 5.91 Å². The van der Waals surface area contributed by atoms with Crippen LogP contribution in [0.15, 0.2) is 48.5 Å². The topological polar surface area (TPSA) is 29.1 Å². The molecular formula is C17H16ClNO. The zero-order chi connectivity index (χ0) is 14.1.